The number of benzene rings is 3. The second-order valence-corrected chi connectivity index (χ2v) is 5.79. The van der Waals surface area contributed by atoms with Crippen LogP contribution >= 0.6 is 0 Å². The molecule has 0 amide bonds. The Balaban J connectivity index is 2.00. The minimum atomic E-state index is -0.229. The molecule has 0 aliphatic heterocycles. The molecule has 3 aromatic carbocycles. The maximum Gasteiger partial charge on any atom is 0.275 e. The van der Waals surface area contributed by atoms with E-state index in [-0.39, 0.29) is 5.56 Å². The van der Waals surface area contributed by atoms with Crippen molar-refractivity contribution in [1.82, 2.24) is 9.97 Å². The molecular weight excluding hydrogens is 314 g/mol. The van der Waals surface area contributed by atoms with Gasteiger partial charge in [-0.1, -0.05) is 24.3 Å². The van der Waals surface area contributed by atoms with E-state index in [4.69, 9.17) is 4.74 Å². The van der Waals surface area contributed by atoms with Crippen LogP contribution in [0.25, 0.3) is 33.1 Å². The van der Waals surface area contributed by atoms with Crippen LogP contribution in [0.4, 0.5) is 5.69 Å². The van der Waals surface area contributed by atoms with Gasteiger partial charge in [-0.05, 0) is 41.1 Å². The summed E-state index contributed by atoms with van der Waals surface area (Å²) in [4.78, 5) is 20.2. The summed E-state index contributed by atoms with van der Waals surface area (Å²) in [6, 6.07) is 17.5. The summed E-state index contributed by atoms with van der Waals surface area (Å²) in [6.07, 6.45) is 0. The zero-order valence-corrected chi connectivity index (χ0v) is 14.0. The van der Waals surface area contributed by atoms with Crippen molar-refractivity contribution in [1.29, 1.82) is 0 Å². The average molecular weight is 331 g/mol. The molecule has 1 heterocycles. The predicted octanol–water partition coefficient (Wildman–Crippen LogP) is 3.79. The lowest BCUT2D eigenvalue weighted by Gasteiger charge is -2.11. The number of ether oxygens (including phenoxy) is 1. The van der Waals surface area contributed by atoms with Crippen LogP contribution in [-0.4, -0.2) is 24.1 Å². The van der Waals surface area contributed by atoms with Crippen molar-refractivity contribution >= 4 is 27.5 Å². The Morgan fingerprint density at radius 3 is 2.52 bits per heavy atom. The zero-order valence-electron chi connectivity index (χ0n) is 14.0. The number of methoxy groups -OCH3 is 1. The summed E-state index contributed by atoms with van der Waals surface area (Å²) >= 11 is 0. The average Bonchev–Trinajstić information content (AvgIpc) is 2.65. The molecule has 0 radical (unpaired) electrons. The Labute approximate surface area is 144 Å². The largest absolute Gasteiger partial charge is 0.497 e. The van der Waals surface area contributed by atoms with E-state index in [9.17, 15) is 4.79 Å². The fourth-order valence-electron chi connectivity index (χ4n) is 3.02. The van der Waals surface area contributed by atoms with Gasteiger partial charge in [-0.15, -0.1) is 0 Å². The number of H-pyrrole nitrogens is 1. The number of aromatic nitrogens is 2. The molecule has 0 fully saturated rings. The number of rotatable bonds is 3. The van der Waals surface area contributed by atoms with Crippen LogP contribution in [0.3, 0.4) is 0 Å². The van der Waals surface area contributed by atoms with Gasteiger partial charge in [-0.3, -0.25) is 4.79 Å². The Morgan fingerprint density at radius 2 is 1.80 bits per heavy atom. The molecule has 0 aliphatic rings. The summed E-state index contributed by atoms with van der Waals surface area (Å²) in [5, 5.41) is 5.25. The number of nitrogens with one attached hydrogen (secondary N) is 2. The Kier molecular flexibility index (Phi) is 3.61. The predicted molar refractivity (Wildman–Crippen MR) is 101 cm³/mol. The van der Waals surface area contributed by atoms with Gasteiger partial charge in [0, 0.05) is 18.3 Å². The van der Waals surface area contributed by atoms with E-state index in [0.717, 1.165) is 27.5 Å². The van der Waals surface area contributed by atoms with Crippen LogP contribution < -0.4 is 15.6 Å². The van der Waals surface area contributed by atoms with Crippen LogP contribution in [0.1, 0.15) is 0 Å². The number of fused-ring (bicyclic) bond motifs is 2. The molecular formula is C20H17N3O2. The fourth-order valence-corrected chi connectivity index (χ4v) is 3.02. The molecule has 0 saturated heterocycles. The lowest BCUT2D eigenvalue weighted by molar-refractivity contribution is 0.415. The maximum atomic E-state index is 12.7. The third-order valence-corrected chi connectivity index (χ3v) is 4.31. The van der Waals surface area contributed by atoms with E-state index < -0.39 is 0 Å². The normalized spacial score (nSPS) is 11.0. The zero-order chi connectivity index (χ0) is 17.4. The van der Waals surface area contributed by atoms with Gasteiger partial charge in [0.25, 0.3) is 5.56 Å². The molecule has 0 aliphatic carbocycles. The van der Waals surface area contributed by atoms with E-state index in [2.05, 4.69) is 15.3 Å². The number of hydrogen-bond acceptors (Lipinski definition) is 4. The smallest absolute Gasteiger partial charge is 0.275 e. The second-order valence-electron chi connectivity index (χ2n) is 5.79. The molecule has 5 nitrogen and oxygen atoms in total. The Bertz CT molecular complexity index is 1150. The molecule has 5 heteroatoms. The number of anilines is 1. The highest BCUT2D eigenvalue weighted by molar-refractivity contribution is 5.95. The molecule has 0 saturated carbocycles. The third kappa shape index (κ3) is 2.59. The van der Waals surface area contributed by atoms with Crippen molar-refractivity contribution in [3.63, 3.8) is 0 Å². The van der Waals surface area contributed by atoms with Crippen molar-refractivity contribution < 1.29 is 4.74 Å². The van der Waals surface area contributed by atoms with Crippen molar-refractivity contribution in [2.45, 2.75) is 0 Å². The van der Waals surface area contributed by atoms with Crippen molar-refractivity contribution in [3.05, 3.63) is 65.0 Å². The molecule has 0 spiro atoms. The summed E-state index contributed by atoms with van der Waals surface area (Å²) in [7, 11) is 3.41. The SMILES string of the molecule is CNc1ccc(OC)cc1-c1nc2cc3ccccc3cc2[nH]c1=O. The van der Waals surface area contributed by atoms with Crippen LogP contribution in [0.2, 0.25) is 0 Å². The van der Waals surface area contributed by atoms with Gasteiger partial charge in [0.05, 0.1) is 18.1 Å². The molecule has 1 aromatic heterocycles. The van der Waals surface area contributed by atoms with E-state index in [1.165, 1.54) is 0 Å². The molecule has 0 bridgehead atoms. The van der Waals surface area contributed by atoms with Gasteiger partial charge in [0.2, 0.25) is 0 Å². The van der Waals surface area contributed by atoms with Crippen LogP contribution in [0.15, 0.2) is 59.4 Å². The minimum Gasteiger partial charge on any atom is -0.497 e. The minimum absolute atomic E-state index is 0.229. The van der Waals surface area contributed by atoms with Gasteiger partial charge in [-0.25, -0.2) is 4.98 Å². The van der Waals surface area contributed by atoms with Crippen molar-refractivity contribution in [2.75, 3.05) is 19.5 Å². The Hall–Kier alpha value is -3.34. The number of hydrogen-bond donors (Lipinski definition) is 2. The van der Waals surface area contributed by atoms with Gasteiger partial charge in [-0.2, -0.15) is 0 Å². The fraction of sp³-hybridized carbons (Fsp3) is 0.100. The van der Waals surface area contributed by atoms with Gasteiger partial charge in [0.1, 0.15) is 11.4 Å². The van der Waals surface area contributed by atoms with Gasteiger partial charge in [0.15, 0.2) is 0 Å². The maximum absolute atomic E-state index is 12.7. The quantitative estimate of drug-likeness (QED) is 0.561. The molecule has 2 N–H and O–H groups in total. The molecule has 124 valence electrons. The molecule has 25 heavy (non-hydrogen) atoms. The first-order chi connectivity index (χ1) is 12.2. The van der Waals surface area contributed by atoms with E-state index in [0.29, 0.717) is 17.0 Å². The third-order valence-electron chi connectivity index (χ3n) is 4.31. The molecule has 0 unspecified atom stereocenters. The van der Waals surface area contributed by atoms with Crippen molar-refractivity contribution in [2.24, 2.45) is 0 Å². The standard InChI is InChI=1S/C20H17N3O2/c1-21-16-8-7-14(25-2)11-15(16)19-20(24)23-18-10-13-6-4-3-5-12(13)9-17(18)22-19/h3-11,21H,1-2H3,(H,23,24). The molecule has 0 atom stereocenters. The van der Waals surface area contributed by atoms with E-state index in [1.807, 2.05) is 61.6 Å². The highest BCUT2D eigenvalue weighted by atomic mass is 16.5. The lowest BCUT2D eigenvalue weighted by atomic mass is 10.1. The highest BCUT2D eigenvalue weighted by Gasteiger charge is 2.13. The summed E-state index contributed by atoms with van der Waals surface area (Å²) in [5.41, 5.74) is 3.13. The summed E-state index contributed by atoms with van der Waals surface area (Å²) in [5.74, 6) is 0.675. The summed E-state index contributed by atoms with van der Waals surface area (Å²) < 4.78 is 5.29. The first kappa shape index (κ1) is 15.2. The Morgan fingerprint density at radius 1 is 1.04 bits per heavy atom. The monoisotopic (exact) mass is 331 g/mol. The first-order valence-corrected chi connectivity index (χ1v) is 7.98. The second kappa shape index (κ2) is 5.94. The molecule has 4 aromatic rings. The van der Waals surface area contributed by atoms with E-state index >= 15 is 0 Å². The van der Waals surface area contributed by atoms with Crippen molar-refractivity contribution in [3.8, 4) is 17.0 Å². The van der Waals surface area contributed by atoms with Gasteiger partial charge < -0.3 is 15.0 Å². The summed E-state index contributed by atoms with van der Waals surface area (Å²) in [6.45, 7) is 0. The lowest BCUT2D eigenvalue weighted by Crippen LogP contribution is -2.12. The number of nitrogens with zero attached hydrogens (tertiary/aromatic N) is 1. The first-order valence-electron chi connectivity index (χ1n) is 7.98. The van der Waals surface area contributed by atoms with Gasteiger partial charge >= 0.3 is 0 Å². The van der Waals surface area contributed by atoms with E-state index in [1.54, 1.807) is 7.11 Å². The number of aromatic amines is 1. The molecule has 4 rings (SSSR count). The van der Waals surface area contributed by atoms with Crippen LogP contribution in [-0.2, 0) is 0 Å². The van der Waals surface area contributed by atoms with Crippen LogP contribution in [0, 0.1) is 0 Å². The topological polar surface area (TPSA) is 67.0 Å². The van der Waals surface area contributed by atoms with Crippen LogP contribution in [0.5, 0.6) is 5.75 Å². The highest BCUT2D eigenvalue weighted by Crippen LogP contribution is 2.29.